The van der Waals surface area contributed by atoms with Crippen molar-refractivity contribution in [3.63, 3.8) is 0 Å². The maximum atomic E-state index is 12.4. The van der Waals surface area contributed by atoms with Crippen LogP contribution in [-0.4, -0.2) is 51.8 Å². The molecule has 2 aliphatic rings. The van der Waals surface area contributed by atoms with E-state index in [0.29, 0.717) is 17.7 Å². The topological polar surface area (TPSA) is 72.3 Å². The van der Waals surface area contributed by atoms with Gasteiger partial charge in [-0.05, 0) is 43.4 Å². The Kier molecular flexibility index (Phi) is 4.86. The van der Waals surface area contributed by atoms with Gasteiger partial charge in [-0.3, -0.25) is 9.69 Å². The average Bonchev–Trinajstić information content (AvgIpc) is 3.22. The molecule has 7 nitrogen and oxygen atoms in total. The maximum absolute atomic E-state index is 12.4. The van der Waals surface area contributed by atoms with Gasteiger partial charge in [0.1, 0.15) is 11.6 Å². The highest BCUT2D eigenvalue weighted by atomic mass is 16.5. The summed E-state index contributed by atoms with van der Waals surface area (Å²) >= 11 is 0. The van der Waals surface area contributed by atoms with Gasteiger partial charge in [-0.15, -0.1) is 10.2 Å². The van der Waals surface area contributed by atoms with Crippen LogP contribution in [-0.2, 0) is 19.5 Å². The van der Waals surface area contributed by atoms with Crippen LogP contribution in [0, 0.1) is 11.8 Å². The van der Waals surface area contributed by atoms with E-state index in [-0.39, 0.29) is 11.9 Å². The zero-order valence-electron chi connectivity index (χ0n) is 16.2. The lowest BCUT2D eigenvalue weighted by molar-refractivity contribution is 0.0924. The number of likely N-dealkylation sites (tertiary alicyclic amines) is 1. The van der Waals surface area contributed by atoms with Crippen molar-refractivity contribution in [3.05, 3.63) is 41.5 Å². The third kappa shape index (κ3) is 3.69. The van der Waals surface area contributed by atoms with Gasteiger partial charge in [-0.1, -0.05) is 12.1 Å². The molecule has 1 aromatic heterocycles. The summed E-state index contributed by atoms with van der Waals surface area (Å²) in [6.45, 7) is 7.78. The monoisotopic (exact) mass is 369 g/mol. The molecule has 27 heavy (non-hydrogen) atoms. The second-order valence-electron chi connectivity index (χ2n) is 7.95. The van der Waals surface area contributed by atoms with Crippen LogP contribution in [0.5, 0.6) is 5.75 Å². The number of carbonyl (C=O) groups excluding carboxylic acids is 1. The second-order valence-corrected chi connectivity index (χ2v) is 7.95. The molecule has 4 rings (SSSR count). The Morgan fingerprint density at radius 1 is 1.19 bits per heavy atom. The first-order valence-electron chi connectivity index (χ1n) is 9.61. The fourth-order valence-electron chi connectivity index (χ4n) is 4.23. The van der Waals surface area contributed by atoms with E-state index in [2.05, 4.69) is 32.5 Å². The van der Waals surface area contributed by atoms with Gasteiger partial charge in [0.15, 0.2) is 0 Å². The highest BCUT2D eigenvalue weighted by Gasteiger charge is 2.39. The van der Waals surface area contributed by atoms with Crippen molar-refractivity contribution in [2.75, 3.05) is 20.2 Å². The average molecular weight is 369 g/mol. The van der Waals surface area contributed by atoms with Gasteiger partial charge in [0.2, 0.25) is 5.82 Å². The molecule has 1 fully saturated rings. The zero-order valence-corrected chi connectivity index (χ0v) is 16.2. The van der Waals surface area contributed by atoms with Crippen molar-refractivity contribution in [3.8, 4) is 5.75 Å². The van der Waals surface area contributed by atoms with Crippen LogP contribution in [0.25, 0.3) is 0 Å². The van der Waals surface area contributed by atoms with Crippen LogP contribution >= 0.6 is 0 Å². The number of ether oxygens (including phenoxy) is 1. The minimum Gasteiger partial charge on any atom is -0.497 e. The third-order valence-electron chi connectivity index (χ3n) is 5.53. The number of rotatable bonds is 5. The van der Waals surface area contributed by atoms with E-state index in [9.17, 15) is 4.79 Å². The maximum Gasteiger partial charge on any atom is 0.289 e. The van der Waals surface area contributed by atoms with Crippen molar-refractivity contribution in [1.82, 2.24) is 25.0 Å². The molecule has 0 saturated carbocycles. The lowest BCUT2D eigenvalue weighted by Crippen LogP contribution is -2.35. The number of methoxy groups -OCH3 is 1. The summed E-state index contributed by atoms with van der Waals surface area (Å²) in [5.41, 5.74) is 1.30. The molecular weight excluding hydrogens is 342 g/mol. The number of aromatic nitrogens is 3. The molecule has 2 aliphatic heterocycles. The first kappa shape index (κ1) is 18.0. The quantitative estimate of drug-likeness (QED) is 0.869. The fraction of sp³-hybridized carbons (Fsp3) is 0.550. The molecule has 1 N–H and O–H groups in total. The number of carbonyl (C=O) groups is 1. The molecule has 0 radical (unpaired) electrons. The molecule has 2 unspecified atom stereocenters. The number of amides is 1. The van der Waals surface area contributed by atoms with E-state index in [0.717, 1.165) is 44.2 Å². The summed E-state index contributed by atoms with van der Waals surface area (Å²) in [5, 5.41) is 11.4. The smallest absolute Gasteiger partial charge is 0.289 e. The van der Waals surface area contributed by atoms with Crippen molar-refractivity contribution in [2.45, 2.75) is 39.4 Å². The third-order valence-corrected chi connectivity index (χ3v) is 5.53. The number of hydrogen-bond donors (Lipinski definition) is 1. The Morgan fingerprint density at radius 2 is 1.93 bits per heavy atom. The molecule has 1 saturated heterocycles. The molecular formula is C20H27N5O2. The van der Waals surface area contributed by atoms with Crippen LogP contribution < -0.4 is 10.1 Å². The van der Waals surface area contributed by atoms with Gasteiger partial charge in [-0.25, -0.2) is 0 Å². The van der Waals surface area contributed by atoms with Crippen LogP contribution in [0.15, 0.2) is 24.3 Å². The number of hydrogen-bond acceptors (Lipinski definition) is 5. The lowest BCUT2D eigenvalue weighted by atomic mass is 9.89. The number of benzene rings is 1. The highest BCUT2D eigenvalue weighted by Crippen LogP contribution is 2.33. The molecule has 2 atom stereocenters. The fourth-order valence-corrected chi connectivity index (χ4v) is 4.23. The Morgan fingerprint density at radius 3 is 2.63 bits per heavy atom. The first-order chi connectivity index (χ1) is 13.0. The van der Waals surface area contributed by atoms with Gasteiger partial charge < -0.3 is 14.6 Å². The van der Waals surface area contributed by atoms with Crippen molar-refractivity contribution >= 4 is 5.91 Å². The number of fused-ring (bicyclic) bond motifs is 2. The molecule has 0 bridgehead atoms. The Hall–Kier alpha value is -2.41. The predicted molar refractivity (Wildman–Crippen MR) is 102 cm³/mol. The largest absolute Gasteiger partial charge is 0.497 e. The molecule has 144 valence electrons. The molecule has 7 heteroatoms. The molecule has 1 amide bonds. The zero-order chi connectivity index (χ0) is 19.0. The van der Waals surface area contributed by atoms with E-state index in [4.69, 9.17) is 4.74 Å². The Balaban J connectivity index is 1.42. The SMILES string of the molecule is COc1ccc(CN2CC3Cc4nnc(C(=O)NC(C)C)n4CC3C2)cc1. The van der Waals surface area contributed by atoms with Crippen LogP contribution in [0.1, 0.15) is 35.9 Å². The van der Waals surface area contributed by atoms with E-state index in [1.165, 1.54) is 5.56 Å². The summed E-state index contributed by atoms with van der Waals surface area (Å²) in [6.07, 6.45) is 0.895. The Labute approximate surface area is 159 Å². The van der Waals surface area contributed by atoms with E-state index in [1.54, 1.807) is 7.11 Å². The molecule has 0 spiro atoms. The molecule has 1 aromatic carbocycles. The van der Waals surface area contributed by atoms with Crippen molar-refractivity contribution < 1.29 is 9.53 Å². The van der Waals surface area contributed by atoms with E-state index >= 15 is 0 Å². The van der Waals surface area contributed by atoms with Crippen LogP contribution in [0.4, 0.5) is 0 Å². The van der Waals surface area contributed by atoms with Gasteiger partial charge in [-0.2, -0.15) is 0 Å². The lowest BCUT2D eigenvalue weighted by Gasteiger charge is -2.25. The second kappa shape index (κ2) is 7.31. The Bertz CT molecular complexity index is 814. The van der Waals surface area contributed by atoms with Crippen molar-refractivity contribution in [1.29, 1.82) is 0 Å². The predicted octanol–water partition coefficient (Wildman–Crippen LogP) is 1.73. The van der Waals surface area contributed by atoms with Crippen molar-refractivity contribution in [2.24, 2.45) is 11.8 Å². The number of nitrogens with one attached hydrogen (secondary N) is 1. The summed E-state index contributed by atoms with van der Waals surface area (Å²) in [5.74, 6) is 3.27. The highest BCUT2D eigenvalue weighted by molar-refractivity contribution is 5.90. The van der Waals surface area contributed by atoms with E-state index in [1.807, 2.05) is 30.5 Å². The van der Waals surface area contributed by atoms with Gasteiger partial charge >= 0.3 is 0 Å². The first-order valence-corrected chi connectivity index (χ1v) is 9.61. The molecule has 0 aliphatic carbocycles. The molecule has 3 heterocycles. The standard InChI is InChI=1S/C20H27N5O2/c1-13(2)21-20(26)19-23-22-18-8-15-10-24(11-16(15)12-25(18)19)9-14-4-6-17(27-3)7-5-14/h4-7,13,15-16H,8-12H2,1-3H3,(H,21,26). The summed E-state index contributed by atoms with van der Waals surface area (Å²) in [7, 11) is 1.69. The normalized spacial score (nSPS) is 21.8. The summed E-state index contributed by atoms with van der Waals surface area (Å²) in [4.78, 5) is 14.9. The van der Waals surface area contributed by atoms with Crippen LogP contribution in [0.3, 0.4) is 0 Å². The minimum atomic E-state index is -0.129. The van der Waals surface area contributed by atoms with Gasteiger partial charge in [0.05, 0.1) is 7.11 Å². The van der Waals surface area contributed by atoms with Gasteiger partial charge in [0, 0.05) is 38.6 Å². The molecule has 2 aromatic rings. The summed E-state index contributed by atoms with van der Waals surface area (Å²) in [6, 6.07) is 8.38. The van der Waals surface area contributed by atoms with Gasteiger partial charge in [0.25, 0.3) is 5.91 Å². The van der Waals surface area contributed by atoms with E-state index < -0.39 is 0 Å². The summed E-state index contributed by atoms with van der Waals surface area (Å²) < 4.78 is 7.26. The minimum absolute atomic E-state index is 0.0910. The number of nitrogens with zero attached hydrogens (tertiary/aromatic N) is 4. The van der Waals surface area contributed by atoms with Crippen LogP contribution in [0.2, 0.25) is 0 Å².